The highest BCUT2D eigenvalue weighted by molar-refractivity contribution is 5.95. The van der Waals surface area contributed by atoms with Crippen molar-refractivity contribution in [2.45, 2.75) is 25.4 Å². The minimum Gasteiger partial charge on any atom is -0.309 e. The SMILES string of the molecule is O=C1CCCN1c1cnn(C2CN(CCn3cncn3)C2)c1. The third-order valence-corrected chi connectivity index (χ3v) is 4.40. The molecule has 116 valence electrons. The first-order valence-corrected chi connectivity index (χ1v) is 7.69. The average molecular weight is 301 g/mol. The number of rotatable bonds is 5. The van der Waals surface area contributed by atoms with Crippen LogP contribution in [0.1, 0.15) is 18.9 Å². The molecule has 2 fully saturated rings. The van der Waals surface area contributed by atoms with E-state index in [0.29, 0.717) is 12.5 Å². The number of likely N-dealkylation sites (tertiary alicyclic amines) is 1. The smallest absolute Gasteiger partial charge is 0.227 e. The van der Waals surface area contributed by atoms with Gasteiger partial charge in [-0.05, 0) is 6.42 Å². The minimum atomic E-state index is 0.211. The topological polar surface area (TPSA) is 72.1 Å². The summed E-state index contributed by atoms with van der Waals surface area (Å²) in [4.78, 5) is 19.9. The Labute approximate surface area is 128 Å². The van der Waals surface area contributed by atoms with Gasteiger partial charge in [-0.15, -0.1) is 0 Å². The third kappa shape index (κ3) is 2.50. The van der Waals surface area contributed by atoms with E-state index in [1.807, 2.05) is 20.5 Å². The summed E-state index contributed by atoms with van der Waals surface area (Å²) in [7, 11) is 0. The van der Waals surface area contributed by atoms with Crippen molar-refractivity contribution < 1.29 is 4.79 Å². The highest BCUT2D eigenvalue weighted by atomic mass is 16.2. The molecule has 2 saturated heterocycles. The molecule has 0 bridgehead atoms. The summed E-state index contributed by atoms with van der Waals surface area (Å²) in [6.07, 6.45) is 8.71. The molecule has 8 heteroatoms. The first-order chi connectivity index (χ1) is 10.8. The fraction of sp³-hybridized carbons (Fsp3) is 0.571. The summed E-state index contributed by atoms with van der Waals surface area (Å²) >= 11 is 0. The Kier molecular flexibility index (Phi) is 3.38. The van der Waals surface area contributed by atoms with E-state index >= 15 is 0 Å². The zero-order chi connectivity index (χ0) is 14.9. The number of aromatic nitrogens is 5. The molecule has 2 aliphatic heterocycles. The van der Waals surface area contributed by atoms with Crippen LogP contribution in [-0.4, -0.2) is 61.5 Å². The van der Waals surface area contributed by atoms with Crippen molar-refractivity contribution in [3.05, 3.63) is 25.0 Å². The van der Waals surface area contributed by atoms with Gasteiger partial charge in [0.15, 0.2) is 0 Å². The number of anilines is 1. The van der Waals surface area contributed by atoms with Crippen LogP contribution < -0.4 is 4.90 Å². The van der Waals surface area contributed by atoms with Gasteiger partial charge in [0.05, 0.1) is 24.5 Å². The van der Waals surface area contributed by atoms with Gasteiger partial charge in [-0.25, -0.2) is 4.98 Å². The molecule has 0 spiro atoms. The maximum Gasteiger partial charge on any atom is 0.227 e. The van der Waals surface area contributed by atoms with Crippen LogP contribution in [-0.2, 0) is 11.3 Å². The number of carbonyl (C=O) groups excluding carboxylic acids is 1. The Balaban J connectivity index is 1.29. The number of nitrogens with zero attached hydrogens (tertiary/aromatic N) is 7. The quantitative estimate of drug-likeness (QED) is 0.786. The zero-order valence-corrected chi connectivity index (χ0v) is 12.4. The molecule has 0 radical (unpaired) electrons. The van der Waals surface area contributed by atoms with Crippen LogP contribution >= 0.6 is 0 Å². The molecular formula is C14H19N7O. The maximum atomic E-state index is 11.8. The lowest BCUT2D eigenvalue weighted by molar-refractivity contribution is -0.117. The highest BCUT2D eigenvalue weighted by Crippen LogP contribution is 2.25. The monoisotopic (exact) mass is 301 g/mol. The summed E-state index contributed by atoms with van der Waals surface area (Å²) in [5.74, 6) is 0.211. The summed E-state index contributed by atoms with van der Waals surface area (Å²) < 4.78 is 3.84. The summed E-state index contributed by atoms with van der Waals surface area (Å²) in [6, 6.07) is 0.405. The lowest BCUT2D eigenvalue weighted by Gasteiger charge is -2.39. The lowest BCUT2D eigenvalue weighted by Crippen LogP contribution is -2.48. The van der Waals surface area contributed by atoms with Crippen molar-refractivity contribution >= 4 is 11.6 Å². The van der Waals surface area contributed by atoms with Crippen molar-refractivity contribution in [2.24, 2.45) is 0 Å². The molecule has 2 aliphatic rings. The van der Waals surface area contributed by atoms with Gasteiger partial charge in [-0.3, -0.25) is 19.1 Å². The van der Waals surface area contributed by atoms with E-state index in [9.17, 15) is 4.79 Å². The predicted molar refractivity (Wildman–Crippen MR) is 79.3 cm³/mol. The van der Waals surface area contributed by atoms with Gasteiger partial charge in [0.1, 0.15) is 12.7 Å². The summed E-state index contributed by atoms with van der Waals surface area (Å²) in [5.41, 5.74) is 0.934. The minimum absolute atomic E-state index is 0.211. The van der Waals surface area contributed by atoms with E-state index in [1.54, 1.807) is 18.9 Å². The molecule has 2 aromatic heterocycles. The molecule has 2 aromatic rings. The Hall–Kier alpha value is -2.22. The van der Waals surface area contributed by atoms with Gasteiger partial charge in [0.2, 0.25) is 5.91 Å². The van der Waals surface area contributed by atoms with Gasteiger partial charge in [-0.1, -0.05) is 0 Å². The third-order valence-electron chi connectivity index (χ3n) is 4.40. The molecule has 0 aromatic carbocycles. The van der Waals surface area contributed by atoms with Gasteiger partial charge in [-0.2, -0.15) is 10.2 Å². The molecular weight excluding hydrogens is 282 g/mol. The lowest BCUT2D eigenvalue weighted by atomic mass is 10.1. The van der Waals surface area contributed by atoms with E-state index in [2.05, 4.69) is 20.1 Å². The van der Waals surface area contributed by atoms with Gasteiger partial charge < -0.3 is 4.90 Å². The van der Waals surface area contributed by atoms with E-state index in [1.165, 1.54) is 0 Å². The number of hydrogen-bond donors (Lipinski definition) is 0. The molecule has 4 heterocycles. The summed E-state index contributed by atoms with van der Waals surface area (Å²) in [5, 5.41) is 8.53. The molecule has 0 saturated carbocycles. The number of hydrogen-bond acceptors (Lipinski definition) is 5. The Morgan fingerprint density at radius 1 is 1.23 bits per heavy atom. The fourth-order valence-corrected chi connectivity index (χ4v) is 3.07. The Morgan fingerprint density at radius 3 is 2.86 bits per heavy atom. The van der Waals surface area contributed by atoms with E-state index in [0.717, 1.165) is 44.8 Å². The van der Waals surface area contributed by atoms with Gasteiger partial charge in [0, 0.05) is 38.8 Å². The number of carbonyl (C=O) groups is 1. The molecule has 0 atom stereocenters. The molecule has 4 rings (SSSR count). The van der Waals surface area contributed by atoms with Gasteiger partial charge >= 0.3 is 0 Å². The fourth-order valence-electron chi connectivity index (χ4n) is 3.07. The Bertz CT molecular complexity index is 644. The van der Waals surface area contributed by atoms with Crippen LogP contribution in [0.5, 0.6) is 0 Å². The van der Waals surface area contributed by atoms with Crippen LogP contribution in [0, 0.1) is 0 Å². The Morgan fingerprint density at radius 2 is 2.14 bits per heavy atom. The molecule has 22 heavy (non-hydrogen) atoms. The maximum absolute atomic E-state index is 11.8. The summed E-state index contributed by atoms with van der Waals surface area (Å²) in [6.45, 7) is 4.63. The second kappa shape index (κ2) is 5.53. The van der Waals surface area contributed by atoms with Crippen LogP contribution in [0.15, 0.2) is 25.0 Å². The first-order valence-electron chi connectivity index (χ1n) is 7.69. The average Bonchev–Trinajstić information content (AvgIpc) is 3.17. The van der Waals surface area contributed by atoms with Crippen LogP contribution in [0.2, 0.25) is 0 Å². The normalized spacial score (nSPS) is 19.8. The molecule has 0 unspecified atom stereocenters. The van der Waals surface area contributed by atoms with E-state index < -0.39 is 0 Å². The van der Waals surface area contributed by atoms with Crippen molar-refractivity contribution in [3.8, 4) is 0 Å². The molecule has 1 amide bonds. The second-order valence-electron chi connectivity index (χ2n) is 5.90. The van der Waals surface area contributed by atoms with Crippen LogP contribution in [0.25, 0.3) is 0 Å². The van der Waals surface area contributed by atoms with E-state index in [4.69, 9.17) is 0 Å². The second-order valence-corrected chi connectivity index (χ2v) is 5.90. The highest BCUT2D eigenvalue weighted by Gasteiger charge is 2.30. The van der Waals surface area contributed by atoms with E-state index in [-0.39, 0.29) is 5.91 Å². The first kappa shape index (κ1) is 13.4. The standard InChI is InChI=1S/C14H19N7O/c22-14-2-1-3-20(14)12-6-16-21(9-12)13-7-18(8-13)4-5-19-11-15-10-17-19/h6,9-11,13H,1-5,7-8H2. The van der Waals surface area contributed by atoms with Crippen molar-refractivity contribution in [1.82, 2.24) is 29.4 Å². The largest absolute Gasteiger partial charge is 0.309 e. The zero-order valence-electron chi connectivity index (χ0n) is 12.4. The van der Waals surface area contributed by atoms with Crippen LogP contribution in [0.3, 0.4) is 0 Å². The van der Waals surface area contributed by atoms with Gasteiger partial charge in [0.25, 0.3) is 0 Å². The predicted octanol–water partition coefficient (Wildman–Crippen LogP) is 0.158. The van der Waals surface area contributed by atoms with Crippen molar-refractivity contribution in [1.29, 1.82) is 0 Å². The molecule has 0 N–H and O–H groups in total. The molecule has 8 nitrogen and oxygen atoms in total. The molecule has 0 aliphatic carbocycles. The van der Waals surface area contributed by atoms with Crippen LogP contribution in [0.4, 0.5) is 5.69 Å². The van der Waals surface area contributed by atoms with Crippen molar-refractivity contribution in [2.75, 3.05) is 31.1 Å². The van der Waals surface area contributed by atoms with Crippen molar-refractivity contribution in [3.63, 3.8) is 0 Å². The number of amides is 1.